The van der Waals surface area contributed by atoms with Crippen LogP contribution in [-0.4, -0.2) is 13.2 Å². The lowest BCUT2D eigenvalue weighted by Gasteiger charge is -2.23. The molecule has 0 saturated carbocycles. The van der Waals surface area contributed by atoms with Crippen LogP contribution in [0.1, 0.15) is 13.8 Å². The van der Waals surface area contributed by atoms with E-state index in [2.05, 4.69) is 36.4 Å². The minimum atomic E-state index is -3.49. The maximum atomic E-state index is 13.9. The van der Waals surface area contributed by atoms with Crippen LogP contribution in [0, 0.1) is 0 Å². The molecule has 30 heavy (non-hydrogen) atoms. The second kappa shape index (κ2) is 8.97. The highest BCUT2D eigenvalue weighted by molar-refractivity contribution is 7.62. The first-order chi connectivity index (χ1) is 14.7. The predicted octanol–water partition coefficient (Wildman–Crippen LogP) is 7.07. The highest BCUT2D eigenvalue weighted by Gasteiger charge is 2.31. The van der Waals surface area contributed by atoms with Gasteiger partial charge in [-0.1, -0.05) is 84.9 Å². The fourth-order valence-corrected chi connectivity index (χ4v) is 5.66. The molecular formula is C26H25O3P. The van der Waals surface area contributed by atoms with Crippen LogP contribution in [0.5, 0.6) is 0 Å². The van der Waals surface area contributed by atoms with Crippen molar-refractivity contribution in [1.29, 1.82) is 0 Å². The minimum Gasteiger partial charge on any atom is -0.305 e. The fraction of sp³-hybridized carbons (Fsp3) is 0.154. The molecule has 0 saturated heterocycles. The molecule has 0 radical (unpaired) electrons. The van der Waals surface area contributed by atoms with E-state index in [9.17, 15) is 4.57 Å². The Kier molecular flexibility index (Phi) is 6.15. The van der Waals surface area contributed by atoms with Gasteiger partial charge in [0, 0.05) is 5.56 Å². The van der Waals surface area contributed by atoms with Gasteiger partial charge < -0.3 is 9.05 Å². The Morgan fingerprint density at radius 2 is 1.27 bits per heavy atom. The van der Waals surface area contributed by atoms with Gasteiger partial charge in [-0.2, -0.15) is 0 Å². The molecule has 3 nitrogen and oxygen atoms in total. The predicted molar refractivity (Wildman–Crippen MR) is 125 cm³/mol. The molecule has 0 aliphatic rings. The van der Waals surface area contributed by atoms with E-state index in [1.807, 2.05) is 68.4 Å². The third kappa shape index (κ3) is 3.85. The molecule has 4 heteroatoms. The summed E-state index contributed by atoms with van der Waals surface area (Å²) in [7, 11) is -3.49. The average molecular weight is 416 g/mol. The van der Waals surface area contributed by atoms with Crippen LogP contribution in [-0.2, 0) is 13.6 Å². The summed E-state index contributed by atoms with van der Waals surface area (Å²) in [5, 5.41) is 2.71. The zero-order valence-corrected chi connectivity index (χ0v) is 18.1. The number of hydrogen-bond acceptors (Lipinski definition) is 3. The third-order valence-electron chi connectivity index (χ3n) is 5.08. The lowest BCUT2D eigenvalue weighted by atomic mass is 9.91. The van der Waals surface area contributed by atoms with Crippen molar-refractivity contribution >= 4 is 23.7 Å². The third-order valence-corrected chi connectivity index (χ3v) is 7.24. The molecule has 0 bridgehead atoms. The number of benzene rings is 4. The van der Waals surface area contributed by atoms with Crippen molar-refractivity contribution in [3.63, 3.8) is 0 Å². The van der Waals surface area contributed by atoms with E-state index in [4.69, 9.17) is 9.05 Å². The lowest BCUT2D eigenvalue weighted by Crippen LogP contribution is -2.14. The van der Waals surface area contributed by atoms with E-state index in [0.717, 1.165) is 33.0 Å². The van der Waals surface area contributed by atoms with E-state index < -0.39 is 7.60 Å². The van der Waals surface area contributed by atoms with Crippen molar-refractivity contribution < 1.29 is 13.6 Å². The van der Waals surface area contributed by atoms with Gasteiger partial charge >= 0.3 is 7.60 Å². The molecule has 4 rings (SSSR count). The molecule has 0 atom stereocenters. The van der Waals surface area contributed by atoms with Crippen LogP contribution in [0.25, 0.3) is 33.0 Å². The van der Waals surface area contributed by atoms with E-state index in [1.165, 1.54) is 0 Å². The van der Waals surface area contributed by atoms with Crippen molar-refractivity contribution in [3.8, 4) is 22.3 Å². The first kappa shape index (κ1) is 20.6. The lowest BCUT2D eigenvalue weighted by molar-refractivity contribution is 0.230. The van der Waals surface area contributed by atoms with Gasteiger partial charge in [-0.25, -0.2) is 0 Å². The van der Waals surface area contributed by atoms with Gasteiger partial charge in [0.1, 0.15) is 0 Å². The summed E-state index contributed by atoms with van der Waals surface area (Å²) in [5.41, 5.74) is 4.10. The van der Waals surface area contributed by atoms with Crippen LogP contribution in [0.2, 0.25) is 0 Å². The minimum absolute atomic E-state index is 0.309. The van der Waals surface area contributed by atoms with E-state index >= 15 is 0 Å². The monoisotopic (exact) mass is 416 g/mol. The van der Waals surface area contributed by atoms with Crippen LogP contribution in [0.4, 0.5) is 0 Å². The second-order valence-corrected chi connectivity index (χ2v) is 8.92. The molecular weight excluding hydrogens is 391 g/mol. The van der Waals surface area contributed by atoms with E-state index in [-0.39, 0.29) is 0 Å². The molecule has 4 aromatic carbocycles. The second-order valence-electron chi connectivity index (χ2n) is 6.93. The normalized spacial score (nSPS) is 11.7. The van der Waals surface area contributed by atoms with Gasteiger partial charge in [-0.15, -0.1) is 0 Å². The van der Waals surface area contributed by atoms with Gasteiger partial charge in [-0.3, -0.25) is 4.57 Å². The van der Waals surface area contributed by atoms with E-state index in [0.29, 0.717) is 18.5 Å². The Balaban J connectivity index is 2.08. The van der Waals surface area contributed by atoms with Gasteiger partial charge in [-0.05, 0) is 47.4 Å². The quantitative estimate of drug-likeness (QED) is 0.302. The van der Waals surface area contributed by atoms with Crippen molar-refractivity contribution in [2.75, 3.05) is 13.2 Å². The first-order valence-electron chi connectivity index (χ1n) is 10.2. The largest absolute Gasteiger partial charge is 0.361 e. The number of hydrogen-bond donors (Lipinski definition) is 0. The van der Waals surface area contributed by atoms with E-state index in [1.54, 1.807) is 0 Å². The van der Waals surface area contributed by atoms with Crippen LogP contribution >= 0.6 is 7.60 Å². The summed E-state index contributed by atoms with van der Waals surface area (Å²) >= 11 is 0. The number of fused-ring (bicyclic) bond motifs is 1. The Hall–Kier alpha value is -2.71. The standard InChI is InChI=1S/C26H25O3P/c1-3-28-30(27,29-4-2)25-19-18-21-14-8-9-16-23(21)26(25)24-17-11-10-15-22(24)20-12-6-5-7-13-20/h5-19H,3-4H2,1-2H3. The molecule has 152 valence electrons. The van der Waals surface area contributed by atoms with Crippen LogP contribution in [0.3, 0.4) is 0 Å². The van der Waals surface area contributed by atoms with Crippen LogP contribution in [0.15, 0.2) is 91.0 Å². The Labute approximate surface area is 177 Å². The van der Waals surface area contributed by atoms with Crippen molar-refractivity contribution in [3.05, 3.63) is 91.0 Å². The van der Waals surface area contributed by atoms with Gasteiger partial charge in [0.15, 0.2) is 0 Å². The Morgan fingerprint density at radius 3 is 1.97 bits per heavy atom. The van der Waals surface area contributed by atoms with Crippen LogP contribution < -0.4 is 5.30 Å². The van der Waals surface area contributed by atoms with Crippen molar-refractivity contribution in [2.24, 2.45) is 0 Å². The molecule has 0 unspecified atom stereocenters. The summed E-state index contributed by atoms with van der Waals surface area (Å²) in [6.45, 7) is 4.29. The maximum absolute atomic E-state index is 13.9. The van der Waals surface area contributed by atoms with Crippen molar-refractivity contribution in [1.82, 2.24) is 0 Å². The molecule has 0 amide bonds. The zero-order chi connectivity index (χ0) is 21.0. The summed E-state index contributed by atoms with van der Waals surface area (Å²) < 4.78 is 25.3. The number of rotatable bonds is 7. The molecule has 0 aliphatic heterocycles. The highest BCUT2D eigenvalue weighted by Crippen LogP contribution is 2.51. The maximum Gasteiger partial charge on any atom is 0.361 e. The first-order valence-corrected chi connectivity index (χ1v) is 11.8. The van der Waals surface area contributed by atoms with Gasteiger partial charge in [0.05, 0.1) is 18.5 Å². The zero-order valence-electron chi connectivity index (χ0n) is 17.2. The molecule has 0 spiro atoms. The Bertz CT molecular complexity index is 1190. The molecule has 0 N–H and O–H groups in total. The summed E-state index contributed by atoms with van der Waals surface area (Å²) in [4.78, 5) is 0. The molecule has 0 aromatic heterocycles. The molecule has 0 heterocycles. The fourth-order valence-electron chi connectivity index (χ4n) is 3.86. The molecule has 0 fully saturated rings. The van der Waals surface area contributed by atoms with Gasteiger partial charge in [0.25, 0.3) is 0 Å². The van der Waals surface area contributed by atoms with Crippen molar-refractivity contribution in [2.45, 2.75) is 13.8 Å². The topological polar surface area (TPSA) is 35.5 Å². The highest BCUT2D eigenvalue weighted by atomic mass is 31.2. The van der Waals surface area contributed by atoms with Gasteiger partial charge in [0.2, 0.25) is 0 Å². The Morgan fingerprint density at radius 1 is 0.667 bits per heavy atom. The average Bonchev–Trinajstić information content (AvgIpc) is 2.79. The summed E-state index contributed by atoms with van der Waals surface area (Å²) in [6.07, 6.45) is 0. The summed E-state index contributed by atoms with van der Waals surface area (Å²) in [6, 6.07) is 30.5. The smallest absolute Gasteiger partial charge is 0.305 e. The SMILES string of the molecule is CCOP(=O)(OCC)c1ccc2ccccc2c1-c1ccccc1-c1ccccc1. The summed E-state index contributed by atoms with van der Waals surface area (Å²) in [5.74, 6) is 0. The molecule has 0 aliphatic carbocycles. The molecule has 4 aromatic rings.